The first kappa shape index (κ1) is 25.9. The summed E-state index contributed by atoms with van der Waals surface area (Å²) in [4.78, 5) is 12.2. The van der Waals surface area contributed by atoms with E-state index in [1.165, 1.54) is 19.4 Å². The normalized spacial score (nSPS) is 11.5. The van der Waals surface area contributed by atoms with Gasteiger partial charge in [-0.2, -0.15) is 18.3 Å². The maximum Gasteiger partial charge on any atom is 0.416 e. The zero-order valence-corrected chi connectivity index (χ0v) is 20.5. The van der Waals surface area contributed by atoms with Crippen molar-refractivity contribution in [1.29, 1.82) is 0 Å². The monoisotopic (exact) mass is 574 g/mol. The van der Waals surface area contributed by atoms with Crippen LogP contribution in [0.2, 0.25) is 10.0 Å². The summed E-state index contributed by atoms with van der Waals surface area (Å²) in [6.45, 7) is 0.158. The summed E-state index contributed by atoms with van der Waals surface area (Å²) < 4.78 is 50.3. The SMILES string of the molecule is COc1cc(/C=N\NC(=O)c2cccc(C(F)(F)F)c2)cc(Br)c1OCc1ccc(Cl)cc1Cl. The molecule has 178 valence electrons. The van der Waals surface area contributed by atoms with Crippen LogP contribution in [-0.4, -0.2) is 19.2 Å². The number of nitrogens with one attached hydrogen (secondary N) is 1. The summed E-state index contributed by atoms with van der Waals surface area (Å²) in [5.74, 6) is 0.0111. The Kier molecular flexibility index (Phi) is 8.46. The molecular formula is C23H16BrCl2F3N2O3. The van der Waals surface area contributed by atoms with Gasteiger partial charge in [0.15, 0.2) is 11.5 Å². The van der Waals surface area contributed by atoms with Crippen molar-refractivity contribution in [3.8, 4) is 11.5 Å². The highest BCUT2D eigenvalue weighted by molar-refractivity contribution is 9.10. The van der Waals surface area contributed by atoms with Gasteiger partial charge in [-0.15, -0.1) is 0 Å². The van der Waals surface area contributed by atoms with Crippen LogP contribution in [0.25, 0.3) is 0 Å². The molecule has 0 atom stereocenters. The summed E-state index contributed by atoms with van der Waals surface area (Å²) in [5.41, 5.74) is 2.37. The van der Waals surface area contributed by atoms with Crippen molar-refractivity contribution >= 4 is 51.3 Å². The number of hydrazone groups is 1. The first-order valence-corrected chi connectivity index (χ1v) is 11.1. The maximum absolute atomic E-state index is 12.8. The van der Waals surface area contributed by atoms with Crippen molar-refractivity contribution in [3.05, 3.63) is 91.4 Å². The summed E-state index contributed by atoms with van der Waals surface area (Å²) in [7, 11) is 1.46. The second kappa shape index (κ2) is 11.1. The zero-order valence-electron chi connectivity index (χ0n) is 17.4. The quantitative estimate of drug-likeness (QED) is 0.241. The van der Waals surface area contributed by atoms with Gasteiger partial charge in [-0.05, 0) is 64.0 Å². The number of rotatable bonds is 7. The molecule has 3 rings (SSSR count). The van der Waals surface area contributed by atoms with E-state index < -0.39 is 17.6 Å². The van der Waals surface area contributed by atoms with Crippen molar-refractivity contribution in [2.24, 2.45) is 5.10 Å². The fourth-order valence-corrected chi connectivity index (χ4v) is 3.85. The fourth-order valence-electron chi connectivity index (χ4n) is 2.81. The van der Waals surface area contributed by atoms with Gasteiger partial charge < -0.3 is 9.47 Å². The molecule has 1 amide bonds. The number of alkyl halides is 3. The highest BCUT2D eigenvalue weighted by Crippen LogP contribution is 2.37. The van der Waals surface area contributed by atoms with E-state index in [0.29, 0.717) is 31.6 Å². The molecule has 0 aliphatic heterocycles. The standard InChI is InChI=1S/C23H16BrCl2F3N2O3/c1-33-20-8-13(7-18(24)21(20)34-12-15-5-6-17(25)10-19(15)26)11-30-31-22(32)14-3-2-4-16(9-14)23(27,28)29/h2-11H,12H2,1H3,(H,31,32)/b30-11-. The molecule has 0 aliphatic carbocycles. The summed E-state index contributed by atoms with van der Waals surface area (Å²) in [5, 5.41) is 4.79. The van der Waals surface area contributed by atoms with Gasteiger partial charge in [0.1, 0.15) is 6.61 Å². The molecule has 0 unspecified atom stereocenters. The summed E-state index contributed by atoms with van der Waals surface area (Å²) in [6.07, 6.45) is -3.23. The lowest BCUT2D eigenvalue weighted by molar-refractivity contribution is -0.137. The van der Waals surface area contributed by atoms with Crippen molar-refractivity contribution in [1.82, 2.24) is 5.43 Å². The smallest absolute Gasteiger partial charge is 0.416 e. The zero-order chi connectivity index (χ0) is 24.9. The minimum atomic E-state index is -4.55. The Hall–Kier alpha value is -2.75. The van der Waals surface area contributed by atoms with Crippen molar-refractivity contribution in [2.45, 2.75) is 12.8 Å². The lowest BCUT2D eigenvalue weighted by Crippen LogP contribution is -2.18. The minimum absolute atomic E-state index is 0.158. The molecule has 1 N–H and O–H groups in total. The topological polar surface area (TPSA) is 59.9 Å². The molecule has 0 aromatic heterocycles. The molecule has 5 nitrogen and oxygen atoms in total. The Labute approximate surface area is 211 Å². The molecule has 34 heavy (non-hydrogen) atoms. The van der Waals surface area contributed by atoms with Crippen LogP contribution in [0.5, 0.6) is 11.5 Å². The third-order valence-corrected chi connectivity index (χ3v) is 5.65. The predicted octanol–water partition coefficient (Wildman–Crippen LogP) is 7.13. The van der Waals surface area contributed by atoms with E-state index in [4.69, 9.17) is 32.7 Å². The summed E-state index contributed by atoms with van der Waals surface area (Å²) >= 11 is 15.5. The highest BCUT2D eigenvalue weighted by atomic mass is 79.9. The van der Waals surface area contributed by atoms with Crippen molar-refractivity contribution < 1.29 is 27.4 Å². The van der Waals surface area contributed by atoms with E-state index in [1.807, 2.05) is 0 Å². The maximum atomic E-state index is 12.8. The van der Waals surface area contributed by atoms with E-state index in [-0.39, 0.29) is 12.2 Å². The molecule has 0 fully saturated rings. The molecule has 0 spiro atoms. The number of nitrogens with zero attached hydrogens (tertiary/aromatic N) is 1. The lowest BCUT2D eigenvalue weighted by Gasteiger charge is -2.14. The Morgan fingerprint density at radius 1 is 1.15 bits per heavy atom. The van der Waals surface area contributed by atoms with Crippen LogP contribution in [0.3, 0.4) is 0 Å². The third-order valence-electron chi connectivity index (χ3n) is 4.47. The van der Waals surface area contributed by atoms with E-state index >= 15 is 0 Å². The molecule has 0 heterocycles. The molecule has 0 aliphatic rings. The lowest BCUT2D eigenvalue weighted by atomic mass is 10.1. The third kappa shape index (κ3) is 6.65. The van der Waals surface area contributed by atoms with Crippen LogP contribution >= 0.6 is 39.1 Å². The molecule has 0 radical (unpaired) electrons. The summed E-state index contributed by atoms with van der Waals surface area (Å²) in [6, 6.07) is 12.4. The molecule has 0 saturated carbocycles. The molecule has 11 heteroatoms. The minimum Gasteiger partial charge on any atom is -0.493 e. The number of halogens is 6. The Morgan fingerprint density at radius 3 is 2.59 bits per heavy atom. The Balaban J connectivity index is 1.71. The van der Waals surface area contributed by atoms with Gasteiger partial charge in [0, 0.05) is 21.2 Å². The predicted molar refractivity (Wildman–Crippen MR) is 128 cm³/mol. The van der Waals surface area contributed by atoms with E-state index in [9.17, 15) is 18.0 Å². The van der Waals surface area contributed by atoms with E-state index in [1.54, 1.807) is 30.3 Å². The largest absolute Gasteiger partial charge is 0.493 e. The molecule has 0 bridgehead atoms. The number of hydrogen-bond donors (Lipinski definition) is 1. The van der Waals surface area contributed by atoms with Crippen LogP contribution in [-0.2, 0) is 12.8 Å². The van der Waals surface area contributed by atoms with E-state index in [2.05, 4.69) is 26.5 Å². The average Bonchev–Trinajstić information content (AvgIpc) is 2.78. The number of benzene rings is 3. The number of ether oxygens (including phenoxy) is 2. The van der Waals surface area contributed by atoms with Gasteiger partial charge in [-0.25, -0.2) is 5.43 Å². The van der Waals surface area contributed by atoms with Crippen LogP contribution in [0, 0.1) is 0 Å². The molecule has 3 aromatic carbocycles. The number of carbonyl (C=O) groups excluding carboxylic acids is 1. The molecular weight excluding hydrogens is 560 g/mol. The van der Waals surface area contributed by atoms with Crippen LogP contribution < -0.4 is 14.9 Å². The Bertz CT molecular complexity index is 1240. The van der Waals surface area contributed by atoms with Crippen LogP contribution in [0.4, 0.5) is 13.2 Å². The highest BCUT2D eigenvalue weighted by Gasteiger charge is 2.30. The van der Waals surface area contributed by atoms with Gasteiger partial charge in [-0.3, -0.25) is 4.79 Å². The first-order valence-electron chi connectivity index (χ1n) is 9.53. The number of amides is 1. The number of hydrogen-bond acceptors (Lipinski definition) is 4. The first-order chi connectivity index (χ1) is 16.1. The second-order valence-corrected chi connectivity index (χ2v) is 8.53. The average molecular weight is 576 g/mol. The second-order valence-electron chi connectivity index (χ2n) is 6.84. The van der Waals surface area contributed by atoms with Gasteiger partial charge in [0.25, 0.3) is 5.91 Å². The van der Waals surface area contributed by atoms with Crippen molar-refractivity contribution in [2.75, 3.05) is 7.11 Å². The van der Waals surface area contributed by atoms with Gasteiger partial charge >= 0.3 is 6.18 Å². The van der Waals surface area contributed by atoms with Crippen LogP contribution in [0.1, 0.15) is 27.0 Å². The Morgan fingerprint density at radius 2 is 1.91 bits per heavy atom. The van der Waals surface area contributed by atoms with Crippen molar-refractivity contribution in [3.63, 3.8) is 0 Å². The van der Waals surface area contributed by atoms with Gasteiger partial charge in [-0.1, -0.05) is 35.3 Å². The number of carbonyl (C=O) groups is 1. The number of methoxy groups -OCH3 is 1. The van der Waals surface area contributed by atoms with Crippen LogP contribution in [0.15, 0.2) is 64.2 Å². The van der Waals surface area contributed by atoms with E-state index in [0.717, 1.165) is 23.8 Å². The van der Waals surface area contributed by atoms with Gasteiger partial charge in [0.2, 0.25) is 0 Å². The molecule has 0 saturated heterocycles. The fraction of sp³-hybridized carbons (Fsp3) is 0.130. The van der Waals surface area contributed by atoms with Gasteiger partial charge in [0.05, 0.1) is 23.4 Å². The molecule has 3 aromatic rings.